The van der Waals surface area contributed by atoms with Gasteiger partial charge in [0.15, 0.2) is 0 Å². The van der Waals surface area contributed by atoms with Crippen LogP contribution in [0.15, 0.2) is 34.9 Å². The van der Waals surface area contributed by atoms with Gasteiger partial charge in [0.25, 0.3) is 0 Å². The standard InChI is InChI=1S/C24H33N3O3/c1-17(2)13-22(28)27-12-6-11-24(16-27,23(29)26(4)5)15-20-14-21(25-30-20)19-9-7-18(3)8-10-19/h7-10,14,17H,6,11-13,15-16H2,1-5H3/t24-/m0/s1. The lowest BCUT2D eigenvalue weighted by Gasteiger charge is -2.42. The van der Waals surface area contributed by atoms with Crippen molar-refractivity contribution in [3.8, 4) is 11.3 Å². The van der Waals surface area contributed by atoms with Gasteiger partial charge in [-0.25, -0.2) is 0 Å². The second-order valence-corrected chi connectivity index (χ2v) is 9.22. The van der Waals surface area contributed by atoms with Crippen LogP contribution in [0.3, 0.4) is 0 Å². The van der Waals surface area contributed by atoms with Crippen molar-refractivity contribution in [3.05, 3.63) is 41.7 Å². The fourth-order valence-electron chi connectivity index (χ4n) is 4.28. The minimum atomic E-state index is -0.682. The van der Waals surface area contributed by atoms with Crippen molar-refractivity contribution in [2.45, 2.75) is 46.5 Å². The number of carbonyl (C=O) groups excluding carboxylic acids is 2. The van der Waals surface area contributed by atoms with Crippen LogP contribution in [-0.4, -0.2) is 54.0 Å². The van der Waals surface area contributed by atoms with Crippen molar-refractivity contribution in [1.29, 1.82) is 0 Å². The zero-order valence-electron chi connectivity index (χ0n) is 18.8. The molecule has 0 aliphatic carbocycles. The summed E-state index contributed by atoms with van der Waals surface area (Å²) in [5.74, 6) is 1.14. The van der Waals surface area contributed by atoms with E-state index >= 15 is 0 Å². The first kappa shape index (κ1) is 22.1. The van der Waals surface area contributed by atoms with E-state index in [1.807, 2.05) is 56.0 Å². The average molecular weight is 412 g/mol. The Morgan fingerprint density at radius 2 is 1.93 bits per heavy atom. The van der Waals surface area contributed by atoms with Gasteiger partial charge in [-0.05, 0) is 25.7 Å². The third-order valence-electron chi connectivity index (χ3n) is 5.79. The smallest absolute Gasteiger partial charge is 0.230 e. The molecule has 0 unspecified atom stereocenters. The number of aromatic nitrogens is 1. The predicted molar refractivity (Wildman–Crippen MR) is 117 cm³/mol. The van der Waals surface area contributed by atoms with E-state index in [4.69, 9.17) is 4.52 Å². The molecule has 0 bridgehead atoms. The lowest BCUT2D eigenvalue weighted by molar-refractivity contribution is -0.147. The Morgan fingerprint density at radius 1 is 1.23 bits per heavy atom. The Labute approximate surface area is 179 Å². The Bertz CT molecular complexity index is 885. The summed E-state index contributed by atoms with van der Waals surface area (Å²) in [6.45, 7) is 7.27. The summed E-state index contributed by atoms with van der Waals surface area (Å²) < 4.78 is 5.64. The molecule has 0 N–H and O–H groups in total. The molecule has 6 nitrogen and oxygen atoms in total. The molecule has 6 heteroatoms. The summed E-state index contributed by atoms with van der Waals surface area (Å²) in [5.41, 5.74) is 2.26. The molecule has 1 saturated heterocycles. The Morgan fingerprint density at radius 3 is 2.57 bits per heavy atom. The summed E-state index contributed by atoms with van der Waals surface area (Å²) in [6, 6.07) is 10.0. The molecule has 1 atom stereocenters. The Kier molecular flexibility index (Phi) is 6.64. The molecule has 1 aliphatic heterocycles. The highest BCUT2D eigenvalue weighted by Gasteiger charge is 2.45. The zero-order valence-corrected chi connectivity index (χ0v) is 18.8. The lowest BCUT2D eigenvalue weighted by atomic mass is 9.75. The van der Waals surface area contributed by atoms with Crippen LogP contribution in [0.25, 0.3) is 11.3 Å². The lowest BCUT2D eigenvalue weighted by Crippen LogP contribution is -2.54. The van der Waals surface area contributed by atoms with Crippen molar-refractivity contribution in [3.63, 3.8) is 0 Å². The maximum atomic E-state index is 13.3. The van der Waals surface area contributed by atoms with Crippen molar-refractivity contribution in [2.24, 2.45) is 11.3 Å². The van der Waals surface area contributed by atoms with Crippen molar-refractivity contribution in [1.82, 2.24) is 15.0 Å². The highest BCUT2D eigenvalue weighted by Crippen LogP contribution is 2.36. The number of amides is 2. The fourth-order valence-corrected chi connectivity index (χ4v) is 4.28. The van der Waals surface area contributed by atoms with Gasteiger partial charge < -0.3 is 14.3 Å². The van der Waals surface area contributed by atoms with Gasteiger partial charge in [-0.2, -0.15) is 0 Å². The van der Waals surface area contributed by atoms with E-state index in [1.165, 1.54) is 5.56 Å². The van der Waals surface area contributed by atoms with E-state index < -0.39 is 5.41 Å². The van der Waals surface area contributed by atoms with Gasteiger partial charge >= 0.3 is 0 Å². The highest BCUT2D eigenvalue weighted by molar-refractivity contribution is 5.84. The van der Waals surface area contributed by atoms with Gasteiger partial charge in [-0.3, -0.25) is 9.59 Å². The van der Waals surface area contributed by atoms with Crippen molar-refractivity contribution < 1.29 is 14.1 Å². The highest BCUT2D eigenvalue weighted by atomic mass is 16.5. The number of likely N-dealkylation sites (tertiary alicyclic amines) is 1. The Hall–Kier alpha value is -2.63. The first-order valence-electron chi connectivity index (χ1n) is 10.7. The second kappa shape index (κ2) is 9.02. The van der Waals surface area contributed by atoms with E-state index in [9.17, 15) is 9.59 Å². The normalized spacial score (nSPS) is 19.2. The third-order valence-corrected chi connectivity index (χ3v) is 5.79. The SMILES string of the molecule is Cc1ccc(-c2cc(C[C@@]3(C(=O)N(C)C)CCCN(C(=O)CC(C)C)C3)on2)cc1. The van der Waals surface area contributed by atoms with Crippen LogP contribution < -0.4 is 0 Å². The number of nitrogens with zero attached hydrogens (tertiary/aromatic N) is 3. The summed E-state index contributed by atoms with van der Waals surface area (Å²) in [7, 11) is 3.55. The van der Waals surface area contributed by atoms with Crippen LogP contribution >= 0.6 is 0 Å². The van der Waals surface area contributed by atoms with Crippen LogP contribution in [0.2, 0.25) is 0 Å². The molecule has 2 heterocycles. The number of piperidine rings is 1. The molecule has 0 spiro atoms. The van der Waals surface area contributed by atoms with Crippen LogP contribution in [0.5, 0.6) is 0 Å². The maximum absolute atomic E-state index is 13.3. The topological polar surface area (TPSA) is 66.7 Å². The fraction of sp³-hybridized carbons (Fsp3) is 0.542. The largest absolute Gasteiger partial charge is 0.361 e. The second-order valence-electron chi connectivity index (χ2n) is 9.22. The van der Waals surface area contributed by atoms with E-state index in [0.29, 0.717) is 37.6 Å². The number of carbonyl (C=O) groups is 2. The number of benzene rings is 1. The van der Waals surface area contributed by atoms with Crippen LogP contribution in [0.1, 0.15) is 44.4 Å². The number of hydrogen-bond acceptors (Lipinski definition) is 4. The molecule has 162 valence electrons. The molecule has 1 aromatic heterocycles. The van der Waals surface area contributed by atoms with Gasteiger partial charge in [0, 0.05) is 51.7 Å². The molecule has 2 amide bonds. The molecule has 0 saturated carbocycles. The quantitative estimate of drug-likeness (QED) is 0.722. The van der Waals surface area contributed by atoms with Crippen molar-refractivity contribution in [2.75, 3.05) is 27.2 Å². The molecular formula is C24H33N3O3. The summed E-state index contributed by atoms with van der Waals surface area (Å²) in [6.07, 6.45) is 2.48. The molecule has 1 aliphatic rings. The van der Waals surface area contributed by atoms with Gasteiger partial charge in [-0.15, -0.1) is 0 Å². The average Bonchev–Trinajstić information content (AvgIpc) is 3.15. The van der Waals surface area contributed by atoms with E-state index in [0.717, 1.165) is 24.1 Å². The van der Waals surface area contributed by atoms with Crippen molar-refractivity contribution >= 4 is 11.8 Å². The first-order chi connectivity index (χ1) is 14.2. The summed E-state index contributed by atoms with van der Waals surface area (Å²) in [5, 5.41) is 4.23. The van der Waals surface area contributed by atoms with Gasteiger partial charge in [0.2, 0.25) is 11.8 Å². The van der Waals surface area contributed by atoms with E-state index in [2.05, 4.69) is 5.16 Å². The third kappa shape index (κ3) is 4.91. The molecule has 1 fully saturated rings. The first-order valence-corrected chi connectivity index (χ1v) is 10.7. The molecule has 3 rings (SSSR count). The van der Waals surface area contributed by atoms with Gasteiger partial charge in [0.05, 0.1) is 5.41 Å². The molecule has 1 aromatic carbocycles. The maximum Gasteiger partial charge on any atom is 0.230 e. The van der Waals surface area contributed by atoms with E-state index in [1.54, 1.807) is 19.0 Å². The number of aryl methyl sites for hydroxylation is 1. The molecule has 2 aromatic rings. The molecule has 0 radical (unpaired) electrons. The number of rotatable bonds is 6. The minimum Gasteiger partial charge on any atom is -0.361 e. The summed E-state index contributed by atoms with van der Waals surface area (Å²) >= 11 is 0. The molecule has 30 heavy (non-hydrogen) atoms. The predicted octanol–water partition coefficient (Wildman–Crippen LogP) is 3.94. The van der Waals surface area contributed by atoms with E-state index in [-0.39, 0.29) is 11.8 Å². The van der Waals surface area contributed by atoms with Crippen LogP contribution in [0, 0.1) is 18.3 Å². The Balaban J connectivity index is 1.85. The van der Waals surface area contributed by atoms with Crippen LogP contribution in [0.4, 0.5) is 0 Å². The minimum absolute atomic E-state index is 0.0397. The van der Waals surface area contributed by atoms with Gasteiger partial charge in [-0.1, -0.05) is 48.8 Å². The van der Waals surface area contributed by atoms with Gasteiger partial charge in [0.1, 0.15) is 11.5 Å². The summed E-state index contributed by atoms with van der Waals surface area (Å²) in [4.78, 5) is 29.5. The monoisotopic (exact) mass is 411 g/mol. The molecular weight excluding hydrogens is 378 g/mol. The zero-order chi connectivity index (χ0) is 21.9. The van der Waals surface area contributed by atoms with Crippen LogP contribution in [-0.2, 0) is 16.0 Å². The number of hydrogen-bond donors (Lipinski definition) is 0.